The molecule has 1 aromatic carbocycles. The van der Waals surface area contributed by atoms with Crippen LogP contribution in [0.2, 0.25) is 0 Å². The van der Waals surface area contributed by atoms with Crippen molar-refractivity contribution >= 4 is 50.7 Å². The molecule has 170 valence electrons. The van der Waals surface area contributed by atoms with Gasteiger partial charge in [0.1, 0.15) is 37.1 Å². The van der Waals surface area contributed by atoms with E-state index in [0.29, 0.717) is 11.4 Å². The summed E-state index contributed by atoms with van der Waals surface area (Å²) in [7, 11) is 10.3. The van der Waals surface area contributed by atoms with Gasteiger partial charge in [-0.15, -0.1) is 5.10 Å². The fourth-order valence-corrected chi connectivity index (χ4v) is 4.45. The predicted molar refractivity (Wildman–Crippen MR) is 145 cm³/mol. The second kappa shape index (κ2) is 7.78. The summed E-state index contributed by atoms with van der Waals surface area (Å²) in [5.74, 6) is 3.03. The van der Waals surface area contributed by atoms with Gasteiger partial charge >= 0.3 is 0 Å². The third kappa shape index (κ3) is 3.95. The highest BCUT2D eigenvalue weighted by Gasteiger charge is 2.44. The molecule has 0 atom stereocenters. The largest absolute Gasteiger partial charge is 0.499 e. The Bertz CT molecular complexity index is 1320. The molecule has 2 aliphatic rings. The maximum absolute atomic E-state index is 12.2. The Hall–Kier alpha value is -2.97. The van der Waals surface area contributed by atoms with Gasteiger partial charge in [-0.3, -0.25) is 4.79 Å². The molecular weight excluding hydrogens is 426 g/mol. The summed E-state index contributed by atoms with van der Waals surface area (Å²) in [5, 5.41) is 3.70. The predicted octanol–water partition coefficient (Wildman–Crippen LogP) is -2.98. The molecule has 34 heavy (non-hydrogen) atoms. The number of ether oxygens (including phenoxy) is 3. The molecule has 0 aliphatic carbocycles. The summed E-state index contributed by atoms with van der Waals surface area (Å²) in [6.07, 6.45) is 3.16. The molecule has 1 saturated heterocycles. The lowest BCUT2D eigenvalue weighted by atomic mass is 9.41. The van der Waals surface area contributed by atoms with E-state index in [9.17, 15) is 4.79 Å². The standard InChI is InChI=1S/C21H27B5N4O4/c1-12-10-16-27-7-4-17(31)30(16)28-18(12)29-8-5-19(22,6-9-29)32-13-2-3-14-15(11-13)34-21(25,26)20(23,24)33-14/h2-4,7,10-11H,5-6,8-9,22-26H2,1H3. The van der Waals surface area contributed by atoms with Gasteiger partial charge in [0.2, 0.25) is 0 Å². The number of nitrogens with zero attached hydrogens (tertiary/aromatic N) is 4. The van der Waals surface area contributed by atoms with Gasteiger partial charge in [-0.1, -0.05) is 0 Å². The minimum absolute atomic E-state index is 0.179. The van der Waals surface area contributed by atoms with Gasteiger partial charge < -0.3 is 19.1 Å². The van der Waals surface area contributed by atoms with Crippen LogP contribution in [-0.2, 0) is 0 Å². The van der Waals surface area contributed by atoms with Crippen molar-refractivity contribution < 1.29 is 14.2 Å². The van der Waals surface area contributed by atoms with Crippen LogP contribution >= 0.6 is 0 Å². The maximum atomic E-state index is 12.2. The van der Waals surface area contributed by atoms with E-state index >= 15 is 0 Å². The van der Waals surface area contributed by atoms with E-state index in [4.69, 9.17) is 14.2 Å². The van der Waals surface area contributed by atoms with Gasteiger partial charge in [0.15, 0.2) is 30.8 Å². The molecule has 0 amide bonds. The van der Waals surface area contributed by atoms with Crippen LogP contribution in [0, 0.1) is 6.92 Å². The van der Waals surface area contributed by atoms with Crippen molar-refractivity contribution in [2.24, 2.45) is 0 Å². The normalized spacial score (nSPS) is 20.1. The molecule has 13 heteroatoms. The zero-order valence-corrected chi connectivity index (χ0v) is 20.7. The molecule has 0 unspecified atom stereocenters. The second-order valence-corrected chi connectivity index (χ2v) is 10.6. The average molecular weight is 454 g/mol. The van der Waals surface area contributed by atoms with Gasteiger partial charge in [-0.2, -0.15) is 4.52 Å². The summed E-state index contributed by atoms with van der Waals surface area (Å²) in [5.41, 5.74) is 1.06. The number of aromatic nitrogens is 3. The zero-order valence-electron chi connectivity index (χ0n) is 20.7. The summed E-state index contributed by atoms with van der Waals surface area (Å²) in [6.45, 7) is 3.55. The van der Waals surface area contributed by atoms with Crippen LogP contribution in [0.5, 0.6) is 17.2 Å². The number of aryl methyl sites for hydroxylation is 1. The fraction of sp³-hybridized carbons (Fsp3) is 0.381. The van der Waals surface area contributed by atoms with Crippen LogP contribution in [-0.4, -0.2) is 83.2 Å². The Labute approximate surface area is 203 Å². The molecule has 0 radical (unpaired) electrons. The van der Waals surface area contributed by atoms with E-state index in [-0.39, 0.29) is 11.1 Å². The third-order valence-electron chi connectivity index (χ3n) is 7.32. The molecule has 2 aliphatic heterocycles. The van der Waals surface area contributed by atoms with Crippen LogP contribution in [0.15, 0.2) is 41.3 Å². The summed E-state index contributed by atoms with van der Waals surface area (Å²) in [4.78, 5) is 18.7. The second-order valence-electron chi connectivity index (χ2n) is 10.6. The van der Waals surface area contributed by atoms with Crippen molar-refractivity contribution in [3.05, 3.63) is 52.4 Å². The van der Waals surface area contributed by atoms with Crippen LogP contribution < -0.4 is 24.7 Å². The lowest BCUT2D eigenvalue weighted by Gasteiger charge is -2.47. The lowest BCUT2D eigenvalue weighted by Crippen LogP contribution is -2.65. The molecule has 4 heterocycles. The highest BCUT2D eigenvalue weighted by molar-refractivity contribution is 6.53. The van der Waals surface area contributed by atoms with E-state index in [1.807, 2.05) is 62.6 Å². The lowest BCUT2D eigenvalue weighted by molar-refractivity contribution is 0.0603. The minimum Gasteiger partial charge on any atom is -0.499 e. The monoisotopic (exact) mass is 454 g/mol. The van der Waals surface area contributed by atoms with Gasteiger partial charge in [0.05, 0.1) is 16.3 Å². The van der Waals surface area contributed by atoms with Crippen LogP contribution in [0.1, 0.15) is 18.4 Å². The van der Waals surface area contributed by atoms with Gasteiger partial charge in [0.25, 0.3) is 5.56 Å². The molecule has 5 rings (SSSR count). The Morgan fingerprint density at radius 2 is 1.65 bits per heavy atom. The van der Waals surface area contributed by atoms with Crippen molar-refractivity contribution in [3.8, 4) is 17.2 Å². The van der Waals surface area contributed by atoms with E-state index < -0.39 is 10.8 Å². The highest BCUT2D eigenvalue weighted by Crippen LogP contribution is 2.42. The quantitative estimate of drug-likeness (QED) is 0.392. The van der Waals surface area contributed by atoms with E-state index in [1.165, 1.54) is 16.8 Å². The average Bonchev–Trinajstić information content (AvgIpc) is 2.75. The topological polar surface area (TPSA) is 78.2 Å². The van der Waals surface area contributed by atoms with Gasteiger partial charge in [0, 0.05) is 31.4 Å². The molecule has 0 saturated carbocycles. The third-order valence-corrected chi connectivity index (χ3v) is 7.32. The summed E-state index contributed by atoms with van der Waals surface area (Å²) < 4.78 is 20.3. The minimum atomic E-state index is -0.462. The zero-order chi connectivity index (χ0) is 24.3. The molecule has 1 fully saturated rings. The van der Waals surface area contributed by atoms with Crippen molar-refractivity contribution in [3.63, 3.8) is 0 Å². The molecule has 0 N–H and O–H groups in total. The number of piperidine rings is 1. The Morgan fingerprint density at radius 3 is 2.35 bits per heavy atom. The fourth-order valence-electron chi connectivity index (χ4n) is 4.45. The summed E-state index contributed by atoms with van der Waals surface area (Å²) >= 11 is 0. The van der Waals surface area contributed by atoms with Crippen molar-refractivity contribution in [2.45, 2.75) is 36.1 Å². The Morgan fingerprint density at radius 1 is 0.971 bits per heavy atom. The molecular formula is C21H27B5N4O4. The SMILES string of the molecule is BC1(Oc2ccc3c(c2)OC(B)(B)C(B)(B)O3)CCN(c2nn3c(=O)ccnc3cc2C)CC1. The van der Waals surface area contributed by atoms with E-state index in [1.54, 1.807) is 0 Å². The molecule has 0 bridgehead atoms. The first kappa shape index (κ1) is 22.8. The molecule has 3 aromatic rings. The van der Waals surface area contributed by atoms with Crippen LogP contribution in [0.25, 0.3) is 5.65 Å². The number of hydrogen-bond acceptors (Lipinski definition) is 7. The molecule has 2 aromatic heterocycles. The van der Waals surface area contributed by atoms with Crippen molar-refractivity contribution in [2.75, 3.05) is 18.0 Å². The summed E-state index contributed by atoms with van der Waals surface area (Å²) in [6, 6.07) is 9.14. The van der Waals surface area contributed by atoms with E-state index in [0.717, 1.165) is 48.8 Å². The van der Waals surface area contributed by atoms with Crippen molar-refractivity contribution in [1.82, 2.24) is 14.6 Å². The first-order valence-electron chi connectivity index (χ1n) is 11.8. The maximum Gasteiger partial charge on any atom is 0.274 e. The highest BCUT2D eigenvalue weighted by atomic mass is 16.6. The number of fused-ring (bicyclic) bond motifs is 2. The first-order chi connectivity index (χ1) is 16.0. The molecule has 0 spiro atoms. The van der Waals surface area contributed by atoms with Gasteiger partial charge in [-0.05, 0) is 43.5 Å². The first-order valence-corrected chi connectivity index (χ1v) is 11.8. The number of anilines is 1. The molecule has 8 nitrogen and oxygen atoms in total. The smallest absolute Gasteiger partial charge is 0.274 e. The number of rotatable bonds is 3. The Balaban J connectivity index is 1.31. The van der Waals surface area contributed by atoms with Crippen LogP contribution in [0.4, 0.5) is 5.82 Å². The Kier molecular flexibility index (Phi) is 5.22. The van der Waals surface area contributed by atoms with Gasteiger partial charge in [-0.25, -0.2) is 4.98 Å². The number of benzene rings is 1. The number of hydrogen-bond donors (Lipinski definition) is 0. The van der Waals surface area contributed by atoms with E-state index in [2.05, 4.69) is 22.8 Å². The van der Waals surface area contributed by atoms with Crippen molar-refractivity contribution in [1.29, 1.82) is 0 Å². The van der Waals surface area contributed by atoms with Crippen LogP contribution in [0.3, 0.4) is 0 Å².